The zero-order valence-corrected chi connectivity index (χ0v) is 16.1. The number of halogens is 1. The normalized spacial score (nSPS) is 21.7. The number of nitrogens with one attached hydrogen (secondary N) is 1. The third-order valence-corrected chi connectivity index (χ3v) is 5.77. The highest BCUT2D eigenvalue weighted by atomic mass is 35.5. The third kappa shape index (κ3) is 4.45. The molecule has 0 radical (unpaired) electrons. The second-order valence-electron chi connectivity index (χ2n) is 7.42. The second-order valence-corrected chi connectivity index (χ2v) is 7.85. The Hall–Kier alpha value is -2.04. The van der Waals surface area contributed by atoms with Crippen molar-refractivity contribution in [3.8, 4) is 5.75 Å². The number of fused-ring (bicyclic) bond motifs is 2. The van der Waals surface area contributed by atoms with Crippen molar-refractivity contribution in [2.24, 2.45) is 0 Å². The lowest BCUT2D eigenvalue weighted by Crippen LogP contribution is -2.43. The van der Waals surface area contributed by atoms with Crippen LogP contribution in [0, 0.1) is 0 Å². The Balaban J connectivity index is 1.38. The molecule has 0 aromatic heterocycles. The number of hydrogen-bond acceptors (Lipinski definition) is 3. The molecule has 2 heterocycles. The van der Waals surface area contributed by atoms with Crippen molar-refractivity contribution in [3.05, 3.63) is 64.7 Å². The summed E-state index contributed by atoms with van der Waals surface area (Å²) in [6.07, 6.45) is 3.76. The lowest BCUT2D eigenvalue weighted by Gasteiger charge is -2.28. The van der Waals surface area contributed by atoms with Crippen molar-refractivity contribution in [2.75, 3.05) is 13.1 Å². The summed E-state index contributed by atoms with van der Waals surface area (Å²) >= 11 is 5.92. The van der Waals surface area contributed by atoms with Gasteiger partial charge in [-0.3, -0.25) is 4.79 Å². The topological polar surface area (TPSA) is 41.6 Å². The minimum absolute atomic E-state index is 0.237. The number of rotatable bonds is 5. The van der Waals surface area contributed by atoms with Crippen LogP contribution in [-0.2, 0) is 17.8 Å². The first kappa shape index (κ1) is 18.3. The number of carbonyl (C=O) groups excluding carboxylic acids is 1. The van der Waals surface area contributed by atoms with Crippen molar-refractivity contribution in [2.45, 2.75) is 44.4 Å². The van der Waals surface area contributed by atoms with Gasteiger partial charge >= 0.3 is 0 Å². The molecule has 1 N–H and O–H groups in total. The molecule has 5 heteroatoms. The van der Waals surface area contributed by atoms with Gasteiger partial charge in [-0.25, -0.2) is 0 Å². The second kappa shape index (κ2) is 8.32. The largest absolute Gasteiger partial charge is 0.489 e. The maximum atomic E-state index is 12.9. The fraction of sp³-hybridized carbons (Fsp3) is 0.409. The fourth-order valence-electron chi connectivity index (χ4n) is 4.15. The highest BCUT2D eigenvalue weighted by Crippen LogP contribution is 2.29. The van der Waals surface area contributed by atoms with Gasteiger partial charge in [0.1, 0.15) is 12.4 Å². The number of benzene rings is 2. The van der Waals surface area contributed by atoms with Crippen molar-refractivity contribution in [1.29, 1.82) is 0 Å². The van der Waals surface area contributed by atoms with Crippen LogP contribution in [0.2, 0.25) is 5.02 Å². The Morgan fingerprint density at radius 2 is 1.89 bits per heavy atom. The molecule has 2 aromatic rings. The summed E-state index contributed by atoms with van der Waals surface area (Å²) in [7, 11) is 0. The summed E-state index contributed by atoms with van der Waals surface area (Å²) < 4.78 is 5.90. The van der Waals surface area contributed by atoms with Crippen LogP contribution in [0.3, 0.4) is 0 Å². The summed E-state index contributed by atoms with van der Waals surface area (Å²) in [5.74, 6) is 1.02. The number of ether oxygens (including phenoxy) is 1. The molecule has 2 unspecified atom stereocenters. The molecule has 2 atom stereocenters. The summed E-state index contributed by atoms with van der Waals surface area (Å²) in [4.78, 5) is 15.1. The minimum atomic E-state index is 0.237. The van der Waals surface area contributed by atoms with Crippen LogP contribution in [0.1, 0.15) is 30.4 Å². The lowest BCUT2D eigenvalue weighted by atomic mass is 10.1. The Bertz CT molecular complexity index is 779. The molecule has 2 aliphatic rings. The van der Waals surface area contributed by atoms with E-state index in [0.29, 0.717) is 25.1 Å². The summed E-state index contributed by atoms with van der Waals surface area (Å²) in [5.41, 5.74) is 2.07. The van der Waals surface area contributed by atoms with Gasteiger partial charge in [0.15, 0.2) is 0 Å². The molecule has 0 saturated carbocycles. The van der Waals surface area contributed by atoms with Crippen LogP contribution >= 0.6 is 11.6 Å². The zero-order chi connectivity index (χ0) is 18.6. The van der Waals surface area contributed by atoms with Crippen molar-refractivity contribution in [1.82, 2.24) is 10.2 Å². The number of hydrogen-bond donors (Lipinski definition) is 1. The molecular weight excluding hydrogens is 360 g/mol. The molecule has 4 rings (SSSR count). The van der Waals surface area contributed by atoms with E-state index in [1.54, 1.807) is 0 Å². The van der Waals surface area contributed by atoms with E-state index in [9.17, 15) is 4.79 Å². The van der Waals surface area contributed by atoms with Gasteiger partial charge < -0.3 is 15.0 Å². The molecule has 0 spiro atoms. The number of amides is 1. The third-order valence-electron chi connectivity index (χ3n) is 5.51. The fourth-order valence-corrected chi connectivity index (χ4v) is 4.27. The van der Waals surface area contributed by atoms with Gasteiger partial charge in [-0.1, -0.05) is 35.9 Å². The Morgan fingerprint density at radius 1 is 1.07 bits per heavy atom. The maximum absolute atomic E-state index is 12.9. The van der Waals surface area contributed by atoms with Gasteiger partial charge in [0.2, 0.25) is 5.91 Å². The average Bonchev–Trinajstić information content (AvgIpc) is 2.94. The molecule has 142 valence electrons. The summed E-state index contributed by atoms with van der Waals surface area (Å²) in [6.45, 7) is 2.42. The van der Waals surface area contributed by atoms with Crippen LogP contribution in [-0.4, -0.2) is 36.0 Å². The van der Waals surface area contributed by atoms with Crippen LogP contribution in [0.5, 0.6) is 5.75 Å². The molecule has 4 nitrogen and oxygen atoms in total. The SMILES string of the molecule is O=C(Cc1cccc(OCc2ccc(Cl)cc2)c1)N1C2CCNCC1CC2. The zero-order valence-electron chi connectivity index (χ0n) is 15.4. The standard InChI is InChI=1S/C22H25ClN2O2/c23-18-6-4-16(5-7-18)15-27-21-3-1-2-17(12-21)13-22(26)25-19-8-9-20(25)14-24-11-10-19/h1-7,12,19-20,24H,8-11,13-15H2. The number of carbonyl (C=O) groups is 1. The first-order valence-corrected chi connectivity index (χ1v) is 10.0. The predicted molar refractivity (Wildman–Crippen MR) is 107 cm³/mol. The monoisotopic (exact) mass is 384 g/mol. The van der Waals surface area contributed by atoms with Crippen LogP contribution in [0.25, 0.3) is 0 Å². The molecule has 0 aliphatic carbocycles. The van der Waals surface area contributed by atoms with E-state index in [0.717, 1.165) is 54.3 Å². The van der Waals surface area contributed by atoms with Crippen molar-refractivity contribution < 1.29 is 9.53 Å². The van der Waals surface area contributed by atoms with E-state index in [-0.39, 0.29) is 5.91 Å². The molecule has 2 fully saturated rings. The summed E-state index contributed by atoms with van der Waals surface area (Å²) in [6, 6.07) is 16.3. The minimum Gasteiger partial charge on any atom is -0.489 e. The van der Waals surface area contributed by atoms with Gasteiger partial charge in [0, 0.05) is 23.7 Å². The molecule has 1 amide bonds. The highest BCUT2D eigenvalue weighted by Gasteiger charge is 2.37. The van der Waals surface area contributed by atoms with E-state index in [2.05, 4.69) is 10.2 Å². The predicted octanol–water partition coefficient (Wildman–Crippen LogP) is 3.81. The van der Waals surface area contributed by atoms with Crippen molar-refractivity contribution in [3.63, 3.8) is 0 Å². The maximum Gasteiger partial charge on any atom is 0.227 e. The molecule has 2 aromatic carbocycles. The van der Waals surface area contributed by atoms with Gasteiger partial charge in [-0.05, 0) is 61.2 Å². The molecule has 2 saturated heterocycles. The smallest absolute Gasteiger partial charge is 0.227 e. The number of nitrogens with zero attached hydrogens (tertiary/aromatic N) is 1. The van der Waals surface area contributed by atoms with Gasteiger partial charge in [0.25, 0.3) is 0 Å². The lowest BCUT2D eigenvalue weighted by molar-refractivity contribution is -0.133. The first-order chi connectivity index (χ1) is 13.2. The van der Waals surface area contributed by atoms with Gasteiger partial charge in [-0.15, -0.1) is 0 Å². The molecule has 2 aliphatic heterocycles. The molecular formula is C22H25ClN2O2. The van der Waals surface area contributed by atoms with E-state index in [1.165, 1.54) is 0 Å². The Morgan fingerprint density at radius 3 is 2.74 bits per heavy atom. The van der Waals surface area contributed by atoms with E-state index < -0.39 is 0 Å². The van der Waals surface area contributed by atoms with Crippen LogP contribution < -0.4 is 10.1 Å². The van der Waals surface area contributed by atoms with E-state index in [4.69, 9.17) is 16.3 Å². The summed E-state index contributed by atoms with van der Waals surface area (Å²) in [5, 5.41) is 4.17. The quantitative estimate of drug-likeness (QED) is 0.852. The highest BCUT2D eigenvalue weighted by molar-refractivity contribution is 6.30. The van der Waals surface area contributed by atoms with Crippen LogP contribution in [0.15, 0.2) is 48.5 Å². The van der Waals surface area contributed by atoms with E-state index >= 15 is 0 Å². The van der Waals surface area contributed by atoms with Crippen molar-refractivity contribution >= 4 is 17.5 Å². The average molecular weight is 385 g/mol. The van der Waals surface area contributed by atoms with Gasteiger partial charge in [-0.2, -0.15) is 0 Å². The van der Waals surface area contributed by atoms with Gasteiger partial charge in [0.05, 0.1) is 6.42 Å². The molecule has 2 bridgehead atoms. The van der Waals surface area contributed by atoms with Crippen LogP contribution in [0.4, 0.5) is 0 Å². The Kier molecular flexibility index (Phi) is 5.65. The van der Waals surface area contributed by atoms with E-state index in [1.807, 2.05) is 48.5 Å². The molecule has 27 heavy (non-hydrogen) atoms. The first-order valence-electron chi connectivity index (χ1n) is 9.67. The Labute approximate surface area is 165 Å².